The van der Waals surface area contributed by atoms with Gasteiger partial charge in [-0.15, -0.1) is 0 Å². The molecule has 0 unspecified atom stereocenters. The van der Waals surface area contributed by atoms with Crippen molar-refractivity contribution in [3.63, 3.8) is 0 Å². The molecule has 0 radical (unpaired) electrons. The summed E-state index contributed by atoms with van der Waals surface area (Å²) in [6.45, 7) is 5.15. The molecule has 0 bridgehead atoms. The summed E-state index contributed by atoms with van der Waals surface area (Å²) >= 11 is 0. The number of benzene rings is 1. The number of nitrogens with zero attached hydrogens (tertiary/aromatic N) is 3. The summed E-state index contributed by atoms with van der Waals surface area (Å²) in [5.74, 6) is 1.23. The van der Waals surface area contributed by atoms with Gasteiger partial charge in [-0.3, -0.25) is 9.59 Å². The van der Waals surface area contributed by atoms with E-state index in [0.29, 0.717) is 45.6 Å². The monoisotopic (exact) mass is 384 g/mol. The average Bonchev–Trinajstić information content (AvgIpc) is 2.97. The number of rotatable bonds is 4. The lowest BCUT2D eigenvalue weighted by atomic mass is 9.87. The normalized spacial score (nSPS) is 19.6. The maximum Gasteiger partial charge on any atom is 0.224 e. The van der Waals surface area contributed by atoms with Crippen molar-refractivity contribution < 1.29 is 14.3 Å². The van der Waals surface area contributed by atoms with E-state index < -0.39 is 5.60 Å². The summed E-state index contributed by atoms with van der Waals surface area (Å²) < 4.78 is 8.16. The Balaban J connectivity index is 1.37. The van der Waals surface area contributed by atoms with Crippen LogP contribution >= 0.6 is 0 Å². The fourth-order valence-electron chi connectivity index (χ4n) is 4.36. The molecule has 2 aromatic rings. The van der Waals surface area contributed by atoms with Crippen molar-refractivity contribution in [3.8, 4) is 0 Å². The first-order chi connectivity index (χ1) is 13.6. The van der Waals surface area contributed by atoms with Gasteiger partial charge in [-0.25, -0.2) is 4.98 Å². The Hall–Kier alpha value is -2.41. The summed E-state index contributed by atoms with van der Waals surface area (Å²) in [6.07, 6.45) is 3.15. The number of nitrogens with one attached hydrogen (secondary N) is 1. The first-order valence-corrected chi connectivity index (χ1v) is 10.2. The van der Waals surface area contributed by atoms with Crippen LogP contribution in [0.15, 0.2) is 24.3 Å². The summed E-state index contributed by atoms with van der Waals surface area (Å²) in [5.41, 5.74) is 1.67. The van der Waals surface area contributed by atoms with Crippen LogP contribution in [-0.2, 0) is 27.3 Å². The predicted molar refractivity (Wildman–Crippen MR) is 106 cm³/mol. The molecule has 0 saturated carbocycles. The van der Waals surface area contributed by atoms with E-state index in [1.807, 2.05) is 23.1 Å². The largest absolute Gasteiger partial charge is 0.372 e. The number of carbonyl (C=O) groups is 2. The number of hydrogen-bond donors (Lipinski definition) is 1. The minimum Gasteiger partial charge on any atom is -0.372 e. The number of fused-ring (bicyclic) bond motifs is 1. The van der Waals surface area contributed by atoms with E-state index in [2.05, 4.69) is 27.9 Å². The third-order valence-corrected chi connectivity index (χ3v) is 5.94. The lowest BCUT2D eigenvalue weighted by Gasteiger charge is -2.40. The number of para-hydroxylation sites is 2. The van der Waals surface area contributed by atoms with Gasteiger partial charge in [-0.1, -0.05) is 19.1 Å². The van der Waals surface area contributed by atoms with Gasteiger partial charge in [0.1, 0.15) is 5.82 Å². The number of imidazole rings is 1. The number of ether oxygens (including phenoxy) is 1. The van der Waals surface area contributed by atoms with Crippen LogP contribution in [0, 0.1) is 0 Å². The molecule has 1 aromatic carbocycles. The van der Waals surface area contributed by atoms with Gasteiger partial charge in [-0.05, 0) is 25.0 Å². The molecule has 0 atom stereocenters. The number of likely N-dealkylation sites (tertiary alicyclic amines) is 1. The molecule has 28 heavy (non-hydrogen) atoms. The maximum absolute atomic E-state index is 12.8. The van der Waals surface area contributed by atoms with Crippen LogP contribution in [-0.4, -0.2) is 58.1 Å². The molecule has 1 spiro atoms. The van der Waals surface area contributed by atoms with E-state index in [4.69, 9.17) is 4.74 Å². The first-order valence-electron chi connectivity index (χ1n) is 10.2. The zero-order chi connectivity index (χ0) is 19.6. The zero-order valence-corrected chi connectivity index (χ0v) is 16.4. The number of piperidine rings is 1. The lowest BCUT2D eigenvalue weighted by molar-refractivity contribution is -0.140. The standard InChI is InChI=1S/C21H28N4O3/c1-2-18-23-16-5-3-4-6-17(16)25(18)11-7-20(27)24-12-8-21(9-13-24)15-19(26)22-10-14-28-21/h3-6H,2,7-15H2,1H3,(H,22,26). The second kappa shape index (κ2) is 7.91. The zero-order valence-electron chi connectivity index (χ0n) is 16.4. The Kier molecular flexibility index (Phi) is 5.35. The molecule has 1 aromatic heterocycles. The molecule has 150 valence electrons. The van der Waals surface area contributed by atoms with Crippen molar-refractivity contribution in [3.05, 3.63) is 30.1 Å². The van der Waals surface area contributed by atoms with Gasteiger partial charge < -0.3 is 19.5 Å². The van der Waals surface area contributed by atoms with Gasteiger partial charge >= 0.3 is 0 Å². The number of amides is 2. The molecule has 0 aliphatic carbocycles. The Morgan fingerprint density at radius 2 is 2.07 bits per heavy atom. The van der Waals surface area contributed by atoms with E-state index in [1.165, 1.54) is 0 Å². The van der Waals surface area contributed by atoms with Crippen LogP contribution in [0.5, 0.6) is 0 Å². The number of aromatic nitrogens is 2. The Morgan fingerprint density at radius 3 is 2.86 bits per heavy atom. The number of aryl methyl sites for hydroxylation is 2. The van der Waals surface area contributed by atoms with Crippen molar-refractivity contribution >= 4 is 22.8 Å². The summed E-state index contributed by atoms with van der Waals surface area (Å²) in [4.78, 5) is 31.3. The molecule has 2 fully saturated rings. The Bertz CT molecular complexity index is 868. The quantitative estimate of drug-likeness (QED) is 0.873. The summed E-state index contributed by atoms with van der Waals surface area (Å²) in [6, 6.07) is 8.07. The van der Waals surface area contributed by atoms with Gasteiger partial charge in [-0.2, -0.15) is 0 Å². The highest BCUT2D eigenvalue weighted by molar-refractivity contribution is 5.79. The van der Waals surface area contributed by atoms with Crippen molar-refractivity contribution in [2.45, 2.75) is 51.2 Å². The third-order valence-electron chi connectivity index (χ3n) is 5.94. The van der Waals surface area contributed by atoms with Gasteiger partial charge in [0.2, 0.25) is 11.8 Å². The summed E-state index contributed by atoms with van der Waals surface area (Å²) in [7, 11) is 0. The van der Waals surface area contributed by atoms with Gasteiger partial charge in [0, 0.05) is 39.0 Å². The molecule has 2 saturated heterocycles. The number of carbonyl (C=O) groups excluding carboxylic acids is 2. The smallest absolute Gasteiger partial charge is 0.224 e. The van der Waals surface area contributed by atoms with Crippen molar-refractivity contribution in [2.75, 3.05) is 26.2 Å². The third kappa shape index (κ3) is 3.76. The molecular formula is C21H28N4O3. The van der Waals surface area contributed by atoms with Crippen molar-refractivity contribution in [1.82, 2.24) is 19.8 Å². The van der Waals surface area contributed by atoms with Crippen LogP contribution in [0.25, 0.3) is 11.0 Å². The molecule has 1 N–H and O–H groups in total. The molecule has 2 amide bonds. The van der Waals surface area contributed by atoms with Crippen LogP contribution in [0.4, 0.5) is 0 Å². The average molecular weight is 384 g/mol. The van der Waals surface area contributed by atoms with E-state index in [9.17, 15) is 9.59 Å². The van der Waals surface area contributed by atoms with Crippen molar-refractivity contribution in [2.24, 2.45) is 0 Å². The number of hydrogen-bond acceptors (Lipinski definition) is 4. The first kappa shape index (κ1) is 18.9. The lowest BCUT2D eigenvalue weighted by Crippen LogP contribution is -2.49. The highest BCUT2D eigenvalue weighted by atomic mass is 16.5. The highest BCUT2D eigenvalue weighted by Crippen LogP contribution is 2.31. The minimum atomic E-state index is -0.396. The van der Waals surface area contributed by atoms with Crippen molar-refractivity contribution in [1.29, 1.82) is 0 Å². The maximum atomic E-state index is 12.8. The SMILES string of the molecule is CCc1nc2ccccc2n1CCC(=O)N1CCC2(CC1)CC(=O)NCCO2. The fourth-order valence-corrected chi connectivity index (χ4v) is 4.36. The Labute approximate surface area is 165 Å². The molecule has 7 heteroatoms. The highest BCUT2D eigenvalue weighted by Gasteiger charge is 2.39. The van der Waals surface area contributed by atoms with Gasteiger partial charge in [0.15, 0.2) is 0 Å². The second-order valence-electron chi connectivity index (χ2n) is 7.71. The minimum absolute atomic E-state index is 0.0522. The molecule has 4 rings (SSSR count). The molecule has 2 aliphatic heterocycles. The topological polar surface area (TPSA) is 76.5 Å². The molecule has 7 nitrogen and oxygen atoms in total. The van der Waals surface area contributed by atoms with Crippen LogP contribution in [0.1, 0.15) is 38.4 Å². The molecule has 3 heterocycles. The van der Waals surface area contributed by atoms with Crippen LogP contribution < -0.4 is 5.32 Å². The van der Waals surface area contributed by atoms with E-state index in [1.54, 1.807) is 0 Å². The van der Waals surface area contributed by atoms with E-state index >= 15 is 0 Å². The van der Waals surface area contributed by atoms with Gasteiger partial charge in [0.25, 0.3) is 0 Å². The van der Waals surface area contributed by atoms with E-state index in [-0.39, 0.29) is 11.8 Å². The second-order valence-corrected chi connectivity index (χ2v) is 7.71. The van der Waals surface area contributed by atoms with Gasteiger partial charge in [0.05, 0.1) is 29.7 Å². The predicted octanol–water partition coefficient (Wildman–Crippen LogP) is 1.89. The Morgan fingerprint density at radius 1 is 1.29 bits per heavy atom. The molecular weight excluding hydrogens is 356 g/mol. The van der Waals surface area contributed by atoms with Crippen LogP contribution in [0.3, 0.4) is 0 Å². The van der Waals surface area contributed by atoms with E-state index in [0.717, 1.165) is 36.1 Å². The molecule has 2 aliphatic rings. The summed E-state index contributed by atoms with van der Waals surface area (Å²) in [5, 5.41) is 2.86. The fraction of sp³-hybridized carbons (Fsp3) is 0.571. The van der Waals surface area contributed by atoms with Crippen LogP contribution in [0.2, 0.25) is 0 Å².